The Morgan fingerprint density at radius 2 is 1.93 bits per heavy atom. The average Bonchev–Trinajstić information content (AvgIpc) is 2.77. The quantitative estimate of drug-likeness (QED) is 0.835. The van der Waals surface area contributed by atoms with Gasteiger partial charge in [0.05, 0.1) is 17.9 Å². The number of nitrogens with one attached hydrogen (secondary N) is 1. The molecule has 0 saturated heterocycles. The van der Waals surface area contributed by atoms with Crippen molar-refractivity contribution < 1.29 is 14.3 Å². The molecular weight excluding hydrogens is 354 g/mol. The number of rotatable bonds is 6. The molecular formula is C22H27N3O3. The van der Waals surface area contributed by atoms with Gasteiger partial charge in [0.25, 0.3) is 0 Å². The largest absolute Gasteiger partial charge is 0.492 e. The first-order chi connectivity index (χ1) is 13.5. The van der Waals surface area contributed by atoms with Crippen molar-refractivity contribution in [2.24, 2.45) is 0 Å². The van der Waals surface area contributed by atoms with Crippen molar-refractivity contribution in [1.82, 2.24) is 4.90 Å². The molecule has 1 N–H and O–H groups in total. The third-order valence-electron chi connectivity index (χ3n) is 4.86. The fourth-order valence-electron chi connectivity index (χ4n) is 3.38. The van der Waals surface area contributed by atoms with Gasteiger partial charge >= 0.3 is 0 Å². The van der Waals surface area contributed by atoms with Crippen molar-refractivity contribution in [3.63, 3.8) is 0 Å². The summed E-state index contributed by atoms with van der Waals surface area (Å²) in [6.07, 6.45) is 0.278. The second-order valence-electron chi connectivity index (χ2n) is 7.23. The van der Waals surface area contributed by atoms with Crippen LogP contribution in [0.1, 0.15) is 18.9 Å². The predicted molar refractivity (Wildman–Crippen MR) is 111 cm³/mol. The molecule has 1 atom stereocenters. The number of carbonyl (C=O) groups excluding carboxylic acids is 2. The van der Waals surface area contributed by atoms with Gasteiger partial charge < -0.3 is 15.0 Å². The molecule has 0 fully saturated rings. The molecule has 0 bridgehead atoms. The van der Waals surface area contributed by atoms with Crippen LogP contribution in [-0.4, -0.2) is 49.5 Å². The number of anilines is 2. The molecule has 28 heavy (non-hydrogen) atoms. The molecule has 6 nitrogen and oxygen atoms in total. The van der Waals surface area contributed by atoms with E-state index < -0.39 is 0 Å². The van der Waals surface area contributed by atoms with Crippen molar-refractivity contribution in [1.29, 1.82) is 0 Å². The van der Waals surface area contributed by atoms with Crippen molar-refractivity contribution in [2.45, 2.75) is 26.3 Å². The fraction of sp³-hybridized carbons (Fsp3) is 0.364. The molecule has 2 aromatic carbocycles. The molecule has 1 heterocycles. The Hall–Kier alpha value is -2.86. The minimum Gasteiger partial charge on any atom is -0.492 e. The summed E-state index contributed by atoms with van der Waals surface area (Å²) in [6, 6.07) is 15.1. The minimum absolute atomic E-state index is 0.0326. The standard InChI is InChI=1S/C22H27N3O3/c1-16-8-4-7-11-20(16)28-13-12-24(3)15-22(27)25-17(2)14-21(26)23-18-9-5-6-10-19(18)25/h4-11,17H,12-15H2,1-3H3,(H,23,26)/t17-/m0/s1. The second-order valence-corrected chi connectivity index (χ2v) is 7.23. The van der Waals surface area contributed by atoms with Crippen LogP contribution in [0.2, 0.25) is 0 Å². The highest BCUT2D eigenvalue weighted by molar-refractivity contribution is 6.04. The molecule has 1 aliphatic rings. The van der Waals surface area contributed by atoms with E-state index in [9.17, 15) is 9.59 Å². The van der Waals surface area contributed by atoms with Crippen molar-refractivity contribution in [2.75, 3.05) is 37.0 Å². The van der Waals surface area contributed by atoms with E-state index in [-0.39, 0.29) is 30.8 Å². The van der Waals surface area contributed by atoms with Crippen LogP contribution in [0.15, 0.2) is 48.5 Å². The maximum absolute atomic E-state index is 13.0. The zero-order valence-electron chi connectivity index (χ0n) is 16.6. The molecule has 6 heteroatoms. The minimum atomic E-state index is -0.201. The number of ether oxygens (including phenoxy) is 1. The highest BCUT2D eigenvalue weighted by Gasteiger charge is 2.29. The normalized spacial score (nSPS) is 16.4. The van der Waals surface area contributed by atoms with E-state index in [1.54, 1.807) is 4.90 Å². The predicted octanol–water partition coefficient (Wildman–Crippen LogP) is 3.07. The number of para-hydroxylation sites is 3. The van der Waals surface area contributed by atoms with Crippen LogP contribution in [0, 0.1) is 6.92 Å². The summed E-state index contributed by atoms with van der Waals surface area (Å²) in [5, 5.41) is 2.88. The summed E-state index contributed by atoms with van der Waals surface area (Å²) in [5.41, 5.74) is 2.51. The van der Waals surface area contributed by atoms with Gasteiger partial charge in [-0.3, -0.25) is 14.5 Å². The lowest BCUT2D eigenvalue weighted by molar-refractivity contribution is -0.120. The number of fused-ring (bicyclic) bond motifs is 1. The molecule has 1 aliphatic heterocycles. The molecule has 148 valence electrons. The van der Waals surface area contributed by atoms with Crippen LogP contribution < -0.4 is 15.0 Å². The number of hydrogen-bond acceptors (Lipinski definition) is 4. The molecule has 0 unspecified atom stereocenters. The lowest BCUT2D eigenvalue weighted by Gasteiger charge is -2.29. The van der Waals surface area contributed by atoms with E-state index in [0.717, 1.165) is 17.0 Å². The summed E-state index contributed by atoms with van der Waals surface area (Å²) in [4.78, 5) is 28.8. The van der Waals surface area contributed by atoms with Crippen LogP contribution in [0.4, 0.5) is 11.4 Å². The first-order valence-electron chi connectivity index (χ1n) is 9.53. The number of likely N-dealkylation sites (N-methyl/N-ethyl adjacent to an activating group) is 1. The van der Waals surface area contributed by atoms with Gasteiger partial charge in [0.2, 0.25) is 11.8 Å². The van der Waals surface area contributed by atoms with Crippen LogP contribution in [0.25, 0.3) is 0 Å². The van der Waals surface area contributed by atoms with E-state index in [4.69, 9.17) is 4.74 Å². The Labute approximate surface area is 166 Å². The smallest absolute Gasteiger partial charge is 0.241 e. The molecule has 3 rings (SSSR count). The van der Waals surface area contributed by atoms with Crippen LogP contribution >= 0.6 is 0 Å². The number of amides is 2. The highest BCUT2D eigenvalue weighted by atomic mass is 16.5. The van der Waals surface area contributed by atoms with Gasteiger partial charge in [0.1, 0.15) is 12.4 Å². The van der Waals surface area contributed by atoms with Crippen molar-refractivity contribution in [3.05, 3.63) is 54.1 Å². The van der Waals surface area contributed by atoms with Gasteiger partial charge in [0, 0.05) is 19.0 Å². The lowest BCUT2D eigenvalue weighted by Crippen LogP contribution is -2.44. The molecule has 0 radical (unpaired) electrons. The van der Waals surface area contributed by atoms with Gasteiger partial charge in [-0.15, -0.1) is 0 Å². The van der Waals surface area contributed by atoms with Crippen molar-refractivity contribution >= 4 is 23.2 Å². The van der Waals surface area contributed by atoms with Gasteiger partial charge in [-0.25, -0.2) is 0 Å². The number of aryl methyl sites for hydroxylation is 1. The van der Waals surface area contributed by atoms with E-state index in [2.05, 4.69) is 5.32 Å². The zero-order chi connectivity index (χ0) is 20.1. The van der Waals surface area contributed by atoms with E-state index in [1.165, 1.54) is 0 Å². The molecule has 2 amide bonds. The number of carbonyl (C=O) groups is 2. The van der Waals surface area contributed by atoms with Crippen LogP contribution in [-0.2, 0) is 9.59 Å². The van der Waals surface area contributed by atoms with E-state index in [1.807, 2.05) is 74.3 Å². The van der Waals surface area contributed by atoms with E-state index >= 15 is 0 Å². The number of benzene rings is 2. The Kier molecular flexibility index (Phi) is 6.31. The fourth-order valence-corrected chi connectivity index (χ4v) is 3.38. The summed E-state index contributed by atoms with van der Waals surface area (Å²) < 4.78 is 5.82. The Bertz CT molecular complexity index is 852. The van der Waals surface area contributed by atoms with Crippen LogP contribution in [0.5, 0.6) is 5.75 Å². The maximum Gasteiger partial charge on any atom is 0.241 e. The van der Waals surface area contributed by atoms with Gasteiger partial charge in [-0.2, -0.15) is 0 Å². The summed E-state index contributed by atoms with van der Waals surface area (Å²) in [6.45, 7) is 5.29. The first kappa shape index (κ1) is 19.9. The summed E-state index contributed by atoms with van der Waals surface area (Å²) >= 11 is 0. The second kappa shape index (κ2) is 8.89. The number of nitrogens with zero attached hydrogens (tertiary/aromatic N) is 2. The van der Waals surface area contributed by atoms with Gasteiger partial charge in [0.15, 0.2) is 0 Å². The highest BCUT2D eigenvalue weighted by Crippen LogP contribution is 2.31. The first-order valence-corrected chi connectivity index (χ1v) is 9.53. The Morgan fingerprint density at radius 3 is 2.71 bits per heavy atom. The Morgan fingerprint density at radius 1 is 1.21 bits per heavy atom. The summed E-state index contributed by atoms with van der Waals surface area (Å²) in [7, 11) is 1.90. The Balaban J connectivity index is 1.61. The molecule has 2 aromatic rings. The van der Waals surface area contributed by atoms with Gasteiger partial charge in [-0.05, 0) is 44.7 Å². The molecule has 0 saturated carbocycles. The summed E-state index contributed by atoms with van der Waals surface area (Å²) in [5.74, 6) is 0.756. The monoisotopic (exact) mass is 381 g/mol. The molecule has 0 aromatic heterocycles. The zero-order valence-corrected chi connectivity index (χ0v) is 16.6. The topological polar surface area (TPSA) is 61.9 Å². The van der Waals surface area contributed by atoms with Gasteiger partial charge in [-0.1, -0.05) is 30.3 Å². The molecule has 0 spiro atoms. The molecule has 0 aliphatic carbocycles. The van der Waals surface area contributed by atoms with Crippen LogP contribution in [0.3, 0.4) is 0 Å². The maximum atomic E-state index is 13.0. The average molecular weight is 381 g/mol. The third kappa shape index (κ3) is 4.70. The lowest BCUT2D eigenvalue weighted by atomic mass is 10.1. The SMILES string of the molecule is Cc1ccccc1OCCN(C)CC(=O)N1c2ccccc2NC(=O)C[C@@H]1C. The van der Waals surface area contributed by atoms with Crippen molar-refractivity contribution in [3.8, 4) is 5.75 Å². The third-order valence-corrected chi connectivity index (χ3v) is 4.86. The number of hydrogen-bond donors (Lipinski definition) is 1. The van der Waals surface area contributed by atoms with E-state index in [0.29, 0.717) is 18.8 Å².